The van der Waals surface area contributed by atoms with Crippen LogP contribution in [0.4, 0.5) is 10.5 Å². The average Bonchev–Trinajstić information content (AvgIpc) is 2.50. The van der Waals surface area contributed by atoms with Gasteiger partial charge in [0.1, 0.15) is 16.5 Å². The molecule has 0 aromatic heterocycles. The van der Waals surface area contributed by atoms with Gasteiger partial charge in [-0.1, -0.05) is 12.8 Å². The van der Waals surface area contributed by atoms with Gasteiger partial charge in [-0.15, -0.1) is 5.92 Å². The summed E-state index contributed by atoms with van der Waals surface area (Å²) in [6, 6.07) is 1.56. The van der Waals surface area contributed by atoms with E-state index < -0.39 is 43.4 Å². The van der Waals surface area contributed by atoms with Crippen molar-refractivity contribution in [3.63, 3.8) is 0 Å². The molecule has 1 aromatic carbocycles. The molecule has 1 rings (SSSR count). The number of amides is 1. The SMILES string of the molecule is CCCC#CC(NC(=O)OC(C)(C)C)c1cc([N+](=O)[O-])ccc1S(=O)(=O)O. The minimum Gasteiger partial charge on any atom is -0.444 e. The quantitative estimate of drug-likeness (QED) is 0.336. The van der Waals surface area contributed by atoms with Gasteiger partial charge in [-0.2, -0.15) is 8.42 Å². The number of alkyl carbamates (subject to hydrolysis) is 1. The number of rotatable bonds is 5. The van der Waals surface area contributed by atoms with Crippen LogP contribution in [0.15, 0.2) is 23.1 Å². The topological polar surface area (TPSA) is 136 Å². The highest BCUT2D eigenvalue weighted by Gasteiger charge is 2.27. The number of unbranched alkanes of at least 4 members (excludes halogenated alkanes) is 1. The Labute approximate surface area is 158 Å². The maximum Gasteiger partial charge on any atom is 0.408 e. The second-order valence-electron chi connectivity index (χ2n) is 6.60. The van der Waals surface area contributed by atoms with Gasteiger partial charge in [0.05, 0.1) is 4.92 Å². The smallest absolute Gasteiger partial charge is 0.408 e. The van der Waals surface area contributed by atoms with Gasteiger partial charge < -0.3 is 10.1 Å². The van der Waals surface area contributed by atoms with E-state index in [0.29, 0.717) is 12.8 Å². The summed E-state index contributed by atoms with van der Waals surface area (Å²) < 4.78 is 37.9. The first-order valence-corrected chi connectivity index (χ1v) is 9.53. The van der Waals surface area contributed by atoms with Gasteiger partial charge in [0.2, 0.25) is 0 Å². The van der Waals surface area contributed by atoms with Crippen molar-refractivity contribution in [1.29, 1.82) is 0 Å². The second-order valence-corrected chi connectivity index (χ2v) is 7.99. The summed E-state index contributed by atoms with van der Waals surface area (Å²) in [5.41, 5.74) is -1.45. The van der Waals surface area contributed by atoms with E-state index in [2.05, 4.69) is 17.2 Å². The number of carbonyl (C=O) groups excluding carboxylic acids is 1. The summed E-state index contributed by atoms with van der Waals surface area (Å²) in [5, 5.41) is 13.4. The summed E-state index contributed by atoms with van der Waals surface area (Å²) in [4.78, 5) is 21.9. The minimum absolute atomic E-state index is 0.221. The highest BCUT2D eigenvalue weighted by Crippen LogP contribution is 2.27. The molecule has 0 radical (unpaired) electrons. The Kier molecular flexibility index (Phi) is 7.33. The molecule has 0 aliphatic rings. The van der Waals surface area contributed by atoms with E-state index in [9.17, 15) is 27.9 Å². The van der Waals surface area contributed by atoms with Gasteiger partial charge in [-0.3, -0.25) is 14.7 Å². The Bertz CT molecular complexity index is 877. The Hall–Kier alpha value is -2.64. The van der Waals surface area contributed by atoms with Crippen LogP contribution in [0.1, 0.15) is 52.1 Å². The Morgan fingerprint density at radius 2 is 2.04 bits per heavy atom. The van der Waals surface area contributed by atoms with Crippen molar-refractivity contribution in [1.82, 2.24) is 5.32 Å². The molecule has 0 saturated carbocycles. The largest absolute Gasteiger partial charge is 0.444 e. The molecule has 0 fully saturated rings. The summed E-state index contributed by atoms with van der Waals surface area (Å²) in [5.74, 6) is 5.43. The van der Waals surface area contributed by atoms with Crippen molar-refractivity contribution in [2.24, 2.45) is 0 Å². The molecule has 1 unspecified atom stereocenters. The summed E-state index contributed by atoms with van der Waals surface area (Å²) in [7, 11) is -4.70. The van der Waals surface area contributed by atoms with Crippen LogP contribution in [0.5, 0.6) is 0 Å². The molecule has 27 heavy (non-hydrogen) atoms. The Morgan fingerprint density at radius 3 is 2.52 bits per heavy atom. The fourth-order valence-electron chi connectivity index (χ4n) is 2.03. The van der Waals surface area contributed by atoms with Crippen molar-refractivity contribution in [2.75, 3.05) is 0 Å². The zero-order chi connectivity index (χ0) is 20.8. The summed E-state index contributed by atoms with van der Waals surface area (Å²) in [6.45, 7) is 6.80. The summed E-state index contributed by atoms with van der Waals surface area (Å²) >= 11 is 0. The maximum absolute atomic E-state index is 12.1. The van der Waals surface area contributed by atoms with Crippen LogP contribution in [-0.4, -0.2) is 29.6 Å². The van der Waals surface area contributed by atoms with Crippen molar-refractivity contribution < 1.29 is 27.4 Å². The van der Waals surface area contributed by atoms with Gasteiger partial charge >= 0.3 is 6.09 Å². The summed E-state index contributed by atoms with van der Waals surface area (Å²) in [6.07, 6.45) is 0.292. The van der Waals surface area contributed by atoms with E-state index in [4.69, 9.17) is 4.74 Å². The van der Waals surface area contributed by atoms with E-state index in [1.54, 1.807) is 20.8 Å². The standard InChI is InChI=1S/C17H22N2O7S/c1-5-6-7-8-14(18-16(20)26-17(2,3)4)13-11-12(19(21)22)9-10-15(13)27(23,24)25/h9-11,14H,5-6H2,1-4H3,(H,18,20)(H,23,24,25). The van der Waals surface area contributed by atoms with Crippen LogP contribution in [0.25, 0.3) is 0 Å². The molecule has 0 aliphatic carbocycles. The van der Waals surface area contributed by atoms with Crippen molar-refractivity contribution in [2.45, 2.75) is 57.1 Å². The molecule has 2 N–H and O–H groups in total. The van der Waals surface area contributed by atoms with Crippen molar-refractivity contribution in [3.05, 3.63) is 33.9 Å². The zero-order valence-corrected chi connectivity index (χ0v) is 16.3. The molecule has 0 saturated heterocycles. The number of benzene rings is 1. The van der Waals surface area contributed by atoms with E-state index in [-0.39, 0.29) is 5.56 Å². The monoisotopic (exact) mass is 398 g/mol. The molecule has 0 heterocycles. The van der Waals surface area contributed by atoms with Crippen molar-refractivity contribution >= 4 is 21.9 Å². The average molecular weight is 398 g/mol. The highest BCUT2D eigenvalue weighted by atomic mass is 32.2. The van der Waals surface area contributed by atoms with E-state index in [1.807, 2.05) is 6.92 Å². The normalized spacial score (nSPS) is 12.5. The predicted octanol–water partition coefficient (Wildman–Crippen LogP) is 3.21. The number of ether oxygens (including phenoxy) is 1. The number of hydrogen-bond donors (Lipinski definition) is 2. The number of nitro benzene ring substituents is 1. The first kappa shape index (κ1) is 22.4. The number of nitrogens with zero attached hydrogens (tertiary/aromatic N) is 1. The lowest BCUT2D eigenvalue weighted by atomic mass is 10.1. The number of carbonyl (C=O) groups is 1. The molecule has 1 amide bonds. The van der Waals surface area contributed by atoms with E-state index in [1.165, 1.54) is 0 Å². The third-order valence-electron chi connectivity index (χ3n) is 3.08. The lowest BCUT2D eigenvalue weighted by Gasteiger charge is -2.22. The molecule has 10 heteroatoms. The molecule has 1 atom stereocenters. The number of non-ortho nitro benzene ring substituents is 1. The Balaban J connectivity index is 3.47. The fraction of sp³-hybridized carbons (Fsp3) is 0.471. The second kappa shape index (κ2) is 8.83. The van der Waals surface area contributed by atoms with Crippen LogP contribution in [0.2, 0.25) is 0 Å². The third-order valence-corrected chi connectivity index (χ3v) is 4.00. The van der Waals surface area contributed by atoms with E-state index in [0.717, 1.165) is 18.2 Å². The molecule has 0 bridgehead atoms. The van der Waals surface area contributed by atoms with Crippen molar-refractivity contribution in [3.8, 4) is 11.8 Å². The molecular formula is C17H22N2O7S. The van der Waals surface area contributed by atoms with Crippen LogP contribution < -0.4 is 5.32 Å². The van der Waals surface area contributed by atoms with Gasteiger partial charge in [0, 0.05) is 24.1 Å². The first-order valence-electron chi connectivity index (χ1n) is 8.09. The molecule has 9 nitrogen and oxygen atoms in total. The molecule has 1 aromatic rings. The lowest BCUT2D eigenvalue weighted by Crippen LogP contribution is -2.35. The molecule has 0 aliphatic heterocycles. The van der Waals surface area contributed by atoms with Gasteiger partial charge in [-0.05, 0) is 33.3 Å². The van der Waals surface area contributed by atoms with Crippen LogP contribution in [0, 0.1) is 22.0 Å². The van der Waals surface area contributed by atoms with E-state index >= 15 is 0 Å². The zero-order valence-electron chi connectivity index (χ0n) is 15.5. The predicted molar refractivity (Wildman–Crippen MR) is 97.7 cm³/mol. The highest BCUT2D eigenvalue weighted by molar-refractivity contribution is 7.85. The molecule has 0 spiro atoms. The van der Waals surface area contributed by atoms with Crippen LogP contribution in [-0.2, 0) is 14.9 Å². The minimum atomic E-state index is -4.70. The van der Waals surface area contributed by atoms with Gasteiger partial charge in [-0.25, -0.2) is 4.79 Å². The molecule has 148 valence electrons. The van der Waals surface area contributed by atoms with Crippen LogP contribution in [0.3, 0.4) is 0 Å². The first-order chi connectivity index (χ1) is 12.3. The lowest BCUT2D eigenvalue weighted by molar-refractivity contribution is -0.385. The van der Waals surface area contributed by atoms with Gasteiger partial charge in [0.25, 0.3) is 15.8 Å². The fourth-order valence-corrected chi connectivity index (χ4v) is 2.74. The number of hydrogen-bond acceptors (Lipinski definition) is 6. The van der Waals surface area contributed by atoms with Gasteiger partial charge in [0.15, 0.2) is 0 Å². The maximum atomic E-state index is 12.1. The number of nitro groups is 1. The molecular weight excluding hydrogens is 376 g/mol. The third kappa shape index (κ3) is 7.24. The Morgan fingerprint density at radius 1 is 1.41 bits per heavy atom. The number of nitrogens with one attached hydrogen (secondary N) is 1. The van der Waals surface area contributed by atoms with Crippen LogP contribution >= 0.6 is 0 Å².